The largest absolute Gasteiger partial charge is 0.361 e. The number of benzene rings is 1. The Kier molecular flexibility index (Phi) is 3.04. The van der Waals surface area contributed by atoms with E-state index in [1.54, 1.807) is 0 Å². The van der Waals surface area contributed by atoms with E-state index in [0.29, 0.717) is 0 Å². The molecule has 0 amide bonds. The van der Waals surface area contributed by atoms with Crippen LogP contribution in [0.15, 0.2) is 36.5 Å². The van der Waals surface area contributed by atoms with Crippen molar-refractivity contribution >= 4 is 32.4 Å². The van der Waals surface area contributed by atoms with Crippen LogP contribution in [0, 0.1) is 0 Å². The van der Waals surface area contributed by atoms with Crippen LogP contribution in [0.1, 0.15) is 12.0 Å². The number of hydrogen-bond donors (Lipinski definition) is 1. The number of halogens is 1. The third kappa shape index (κ3) is 2.05. The first kappa shape index (κ1) is 11.1. The molecule has 1 aromatic carbocycles. The summed E-state index contributed by atoms with van der Waals surface area (Å²) in [5.41, 5.74) is 5.03. The molecule has 0 spiro atoms. The van der Waals surface area contributed by atoms with Crippen molar-refractivity contribution in [2.45, 2.75) is 6.42 Å². The van der Waals surface area contributed by atoms with Crippen molar-refractivity contribution in [3.63, 3.8) is 0 Å². The van der Waals surface area contributed by atoms with Gasteiger partial charge in [0, 0.05) is 35.8 Å². The highest BCUT2D eigenvalue weighted by atomic mass is 79.9. The topological polar surface area (TPSA) is 19.0 Å². The van der Waals surface area contributed by atoms with E-state index in [1.165, 1.54) is 22.0 Å². The van der Waals surface area contributed by atoms with E-state index in [1.807, 2.05) is 0 Å². The summed E-state index contributed by atoms with van der Waals surface area (Å²) in [6.07, 6.45) is 5.62. The summed E-state index contributed by atoms with van der Waals surface area (Å²) in [6, 6.07) is 8.50. The maximum Gasteiger partial charge on any atom is 0.0545 e. The minimum absolute atomic E-state index is 0.963. The van der Waals surface area contributed by atoms with Crippen molar-refractivity contribution in [1.82, 2.24) is 9.88 Å². The highest BCUT2D eigenvalue weighted by molar-refractivity contribution is 9.09. The molecule has 0 bridgehead atoms. The number of nitrogens with zero attached hydrogens (tertiary/aromatic N) is 1. The van der Waals surface area contributed by atoms with Gasteiger partial charge in [-0.25, -0.2) is 0 Å². The summed E-state index contributed by atoms with van der Waals surface area (Å²) in [5, 5.41) is 1.34. The van der Waals surface area contributed by atoms with Crippen LogP contribution in [0.25, 0.3) is 16.5 Å². The van der Waals surface area contributed by atoms with Crippen LogP contribution < -0.4 is 0 Å². The van der Waals surface area contributed by atoms with Gasteiger partial charge in [0.15, 0.2) is 0 Å². The fourth-order valence-corrected chi connectivity index (χ4v) is 2.86. The van der Waals surface area contributed by atoms with Crippen molar-refractivity contribution in [2.24, 2.45) is 0 Å². The van der Waals surface area contributed by atoms with Crippen LogP contribution in [-0.2, 0) is 0 Å². The maximum absolute atomic E-state index is 3.51. The van der Waals surface area contributed by atoms with Crippen LogP contribution in [0.5, 0.6) is 0 Å². The number of hydrogen-bond acceptors (Lipinski definition) is 1. The van der Waals surface area contributed by atoms with E-state index in [0.717, 1.165) is 25.0 Å². The van der Waals surface area contributed by atoms with Crippen molar-refractivity contribution in [1.29, 1.82) is 0 Å². The molecule has 1 N–H and O–H groups in total. The Bertz CT molecular complexity index is 556. The third-order valence-corrected chi connectivity index (χ3v) is 4.11. The number of nitrogens with one attached hydrogen (secondary N) is 1. The normalized spacial score (nSPS) is 17.4. The molecular weight excluding hydrogens is 276 g/mol. The molecule has 1 aliphatic heterocycles. The van der Waals surface area contributed by atoms with Crippen LogP contribution in [-0.4, -0.2) is 28.4 Å². The molecule has 88 valence electrons. The predicted molar refractivity (Wildman–Crippen MR) is 76.3 cm³/mol. The lowest BCUT2D eigenvalue weighted by Crippen LogP contribution is -2.26. The molecule has 0 fully saturated rings. The van der Waals surface area contributed by atoms with Crippen LogP contribution >= 0.6 is 15.9 Å². The Morgan fingerprint density at radius 1 is 1.29 bits per heavy atom. The second-order valence-corrected chi connectivity index (χ2v) is 4.93. The average molecular weight is 291 g/mol. The third-order valence-electron chi connectivity index (χ3n) is 3.40. The van der Waals surface area contributed by atoms with Gasteiger partial charge in [0.05, 0.1) is 5.45 Å². The molecule has 1 aliphatic rings. The van der Waals surface area contributed by atoms with E-state index in [4.69, 9.17) is 0 Å². The molecule has 3 rings (SSSR count). The molecule has 2 heterocycles. The van der Waals surface area contributed by atoms with E-state index in [-0.39, 0.29) is 0 Å². The lowest BCUT2D eigenvalue weighted by molar-refractivity contribution is 0.358. The van der Waals surface area contributed by atoms with E-state index in [9.17, 15) is 0 Å². The molecule has 0 saturated heterocycles. The van der Waals surface area contributed by atoms with E-state index in [2.05, 4.69) is 62.4 Å². The monoisotopic (exact) mass is 290 g/mol. The van der Waals surface area contributed by atoms with Gasteiger partial charge in [-0.3, -0.25) is 4.90 Å². The van der Waals surface area contributed by atoms with Gasteiger partial charge < -0.3 is 4.98 Å². The van der Waals surface area contributed by atoms with E-state index >= 15 is 0 Å². The number of aromatic nitrogens is 1. The number of fused-ring (bicyclic) bond motifs is 1. The van der Waals surface area contributed by atoms with Gasteiger partial charge in [0.25, 0.3) is 0 Å². The Hall–Kier alpha value is -1.06. The Balaban J connectivity index is 1.97. The molecule has 0 atom stereocenters. The fraction of sp³-hybridized carbons (Fsp3) is 0.286. The second-order valence-electron chi connectivity index (χ2n) is 4.42. The first-order valence-corrected chi connectivity index (χ1v) is 7.04. The zero-order chi connectivity index (χ0) is 11.7. The van der Waals surface area contributed by atoms with Crippen LogP contribution in [0.3, 0.4) is 0 Å². The van der Waals surface area contributed by atoms with Gasteiger partial charge in [-0.1, -0.05) is 40.2 Å². The second kappa shape index (κ2) is 4.67. The van der Waals surface area contributed by atoms with Gasteiger partial charge in [-0.15, -0.1) is 0 Å². The molecule has 2 aromatic rings. The van der Waals surface area contributed by atoms with Crippen molar-refractivity contribution in [3.05, 3.63) is 42.1 Å². The van der Waals surface area contributed by atoms with Gasteiger partial charge in [0.2, 0.25) is 0 Å². The Morgan fingerprint density at radius 2 is 2.18 bits per heavy atom. The average Bonchev–Trinajstić information content (AvgIpc) is 2.83. The Labute approximate surface area is 109 Å². The summed E-state index contributed by atoms with van der Waals surface area (Å²) < 4.78 is 0. The summed E-state index contributed by atoms with van der Waals surface area (Å²) in [6.45, 7) is 2.18. The van der Waals surface area contributed by atoms with Gasteiger partial charge in [0.1, 0.15) is 0 Å². The minimum Gasteiger partial charge on any atom is -0.361 e. The standard InChI is InChI=1S/C14H15BrN2/c15-10-17-7-5-11(6-8-17)13-9-16-14-4-2-1-3-12(13)14/h1-5,9,16H,6-8,10H2. The number of H-pyrrole nitrogens is 1. The smallest absolute Gasteiger partial charge is 0.0545 e. The van der Waals surface area contributed by atoms with Gasteiger partial charge in [-0.05, 0) is 18.1 Å². The Morgan fingerprint density at radius 3 is 2.94 bits per heavy atom. The molecular formula is C14H15BrN2. The highest BCUT2D eigenvalue weighted by Crippen LogP contribution is 2.29. The number of para-hydroxylation sites is 1. The van der Waals surface area contributed by atoms with E-state index < -0.39 is 0 Å². The minimum atomic E-state index is 0.963. The first-order chi connectivity index (χ1) is 8.38. The number of aromatic amines is 1. The molecule has 0 aliphatic carbocycles. The summed E-state index contributed by atoms with van der Waals surface area (Å²) >= 11 is 3.51. The zero-order valence-corrected chi connectivity index (χ0v) is 11.2. The summed E-state index contributed by atoms with van der Waals surface area (Å²) in [7, 11) is 0. The highest BCUT2D eigenvalue weighted by Gasteiger charge is 2.14. The zero-order valence-electron chi connectivity index (χ0n) is 9.62. The molecule has 3 heteroatoms. The van der Waals surface area contributed by atoms with Crippen molar-refractivity contribution in [2.75, 3.05) is 18.5 Å². The fourth-order valence-electron chi connectivity index (χ4n) is 2.40. The van der Waals surface area contributed by atoms with Crippen LogP contribution in [0.4, 0.5) is 0 Å². The van der Waals surface area contributed by atoms with Gasteiger partial charge >= 0.3 is 0 Å². The predicted octanol–water partition coefficient (Wildman–Crippen LogP) is 3.61. The molecule has 0 radical (unpaired) electrons. The SMILES string of the molecule is BrCN1CC=C(c2c[nH]c3ccccc23)CC1. The van der Waals surface area contributed by atoms with Crippen molar-refractivity contribution in [3.8, 4) is 0 Å². The lowest BCUT2D eigenvalue weighted by atomic mass is 9.99. The lowest BCUT2D eigenvalue weighted by Gasteiger charge is -2.23. The molecule has 2 nitrogen and oxygen atoms in total. The molecule has 1 aromatic heterocycles. The molecule has 0 unspecified atom stereocenters. The maximum atomic E-state index is 3.51. The summed E-state index contributed by atoms with van der Waals surface area (Å²) in [4.78, 5) is 5.73. The number of alkyl halides is 1. The quantitative estimate of drug-likeness (QED) is 0.661. The summed E-state index contributed by atoms with van der Waals surface area (Å²) in [5.74, 6) is 0. The number of rotatable bonds is 2. The first-order valence-electron chi connectivity index (χ1n) is 5.92. The molecule has 0 saturated carbocycles. The van der Waals surface area contributed by atoms with Gasteiger partial charge in [-0.2, -0.15) is 0 Å². The molecule has 17 heavy (non-hydrogen) atoms. The van der Waals surface area contributed by atoms with Crippen LogP contribution in [0.2, 0.25) is 0 Å². The van der Waals surface area contributed by atoms with Crippen molar-refractivity contribution < 1.29 is 0 Å².